The van der Waals surface area contributed by atoms with Gasteiger partial charge in [-0.1, -0.05) is 31.2 Å². The Balaban J connectivity index is 1.99. The summed E-state index contributed by atoms with van der Waals surface area (Å²) >= 11 is 0. The van der Waals surface area contributed by atoms with Gasteiger partial charge in [0.05, 0.1) is 0 Å². The highest BCUT2D eigenvalue weighted by molar-refractivity contribution is 6.01. The highest BCUT2D eigenvalue weighted by Crippen LogP contribution is 2.14. The number of benzene rings is 2. The van der Waals surface area contributed by atoms with E-state index in [0.717, 1.165) is 28.9 Å². The number of nitrogen functional groups attached to an aromatic ring is 1. The molecule has 0 aliphatic rings. The standard InChI is InChI=1S/C18H20N2O/c1-3-14-6-9-16(10-7-14)20-18(21)11-8-15-5-4-13(2)17(19)12-15/h4-12H,3,19H2,1-2H3,(H,20,21)/b11-8+. The lowest BCUT2D eigenvalue weighted by Crippen LogP contribution is -2.07. The van der Waals surface area contributed by atoms with Gasteiger partial charge in [0.25, 0.3) is 0 Å². The van der Waals surface area contributed by atoms with Crippen LogP contribution < -0.4 is 11.1 Å². The first-order chi connectivity index (χ1) is 10.1. The van der Waals surface area contributed by atoms with Gasteiger partial charge in [-0.05, 0) is 54.3 Å². The van der Waals surface area contributed by atoms with Gasteiger partial charge in [-0.25, -0.2) is 0 Å². The maximum Gasteiger partial charge on any atom is 0.248 e. The van der Waals surface area contributed by atoms with Crippen molar-refractivity contribution < 1.29 is 4.79 Å². The van der Waals surface area contributed by atoms with Crippen LogP contribution in [-0.4, -0.2) is 5.91 Å². The number of hydrogen-bond donors (Lipinski definition) is 2. The molecule has 3 heteroatoms. The van der Waals surface area contributed by atoms with E-state index in [4.69, 9.17) is 5.73 Å². The van der Waals surface area contributed by atoms with Crippen LogP contribution in [0.1, 0.15) is 23.6 Å². The van der Waals surface area contributed by atoms with E-state index in [2.05, 4.69) is 12.2 Å². The molecule has 1 amide bonds. The summed E-state index contributed by atoms with van der Waals surface area (Å²) in [7, 11) is 0. The summed E-state index contributed by atoms with van der Waals surface area (Å²) in [4.78, 5) is 11.9. The summed E-state index contributed by atoms with van der Waals surface area (Å²) < 4.78 is 0. The monoisotopic (exact) mass is 280 g/mol. The predicted molar refractivity (Wildman–Crippen MR) is 89.1 cm³/mol. The average molecular weight is 280 g/mol. The quantitative estimate of drug-likeness (QED) is 0.661. The highest BCUT2D eigenvalue weighted by Gasteiger charge is 1.99. The Labute approximate surface area is 125 Å². The Kier molecular flexibility index (Phi) is 4.77. The van der Waals surface area contributed by atoms with Crippen LogP contribution in [0.15, 0.2) is 48.5 Å². The molecule has 0 unspecified atom stereocenters. The Morgan fingerprint density at radius 3 is 2.52 bits per heavy atom. The zero-order chi connectivity index (χ0) is 15.2. The van der Waals surface area contributed by atoms with Crippen molar-refractivity contribution in [3.8, 4) is 0 Å². The second kappa shape index (κ2) is 6.75. The molecule has 21 heavy (non-hydrogen) atoms. The van der Waals surface area contributed by atoms with E-state index >= 15 is 0 Å². The molecular weight excluding hydrogens is 260 g/mol. The summed E-state index contributed by atoms with van der Waals surface area (Å²) in [5.41, 5.74) is 10.6. The third kappa shape index (κ3) is 4.21. The summed E-state index contributed by atoms with van der Waals surface area (Å²) in [6.07, 6.45) is 4.26. The number of nitrogens with two attached hydrogens (primary N) is 1. The Bertz CT molecular complexity index is 657. The molecule has 0 aromatic heterocycles. The third-order valence-corrected chi connectivity index (χ3v) is 3.36. The molecule has 2 rings (SSSR count). The maximum atomic E-state index is 11.9. The third-order valence-electron chi connectivity index (χ3n) is 3.36. The SMILES string of the molecule is CCc1ccc(NC(=O)/C=C/c2ccc(C)c(N)c2)cc1. The first-order valence-electron chi connectivity index (χ1n) is 7.02. The number of carbonyl (C=O) groups excluding carboxylic acids is 1. The molecule has 108 valence electrons. The van der Waals surface area contributed by atoms with E-state index in [0.29, 0.717) is 0 Å². The van der Waals surface area contributed by atoms with Crippen molar-refractivity contribution in [3.63, 3.8) is 0 Å². The van der Waals surface area contributed by atoms with E-state index in [1.165, 1.54) is 11.6 Å². The van der Waals surface area contributed by atoms with Crippen molar-refractivity contribution in [2.75, 3.05) is 11.1 Å². The fourth-order valence-electron chi connectivity index (χ4n) is 1.94. The minimum absolute atomic E-state index is 0.154. The van der Waals surface area contributed by atoms with Crippen molar-refractivity contribution in [2.45, 2.75) is 20.3 Å². The number of nitrogens with one attached hydrogen (secondary N) is 1. The average Bonchev–Trinajstić information content (AvgIpc) is 2.49. The van der Waals surface area contributed by atoms with Gasteiger partial charge < -0.3 is 11.1 Å². The van der Waals surface area contributed by atoms with Crippen LogP contribution in [0.2, 0.25) is 0 Å². The summed E-state index contributed by atoms with van der Waals surface area (Å²) in [5, 5.41) is 2.83. The van der Waals surface area contributed by atoms with Gasteiger partial charge in [0.2, 0.25) is 5.91 Å². The molecule has 0 aliphatic heterocycles. The molecule has 0 radical (unpaired) electrons. The molecule has 0 atom stereocenters. The van der Waals surface area contributed by atoms with Gasteiger partial charge >= 0.3 is 0 Å². The Hall–Kier alpha value is -2.55. The summed E-state index contributed by atoms with van der Waals surface area (Å²) in [6, 6.07) is 13.6. The number of amides is 1. The molecule has 0 spiro atoms. The van der Waals surface area contributed by atoms with Crippen LogP contribution in [-0.2, 0) is 11.2 Å². The minimum Gasteiger partial charge on any atom is -0.398 e. The normalized spacial score (nSPS) is 10.8. The van der Waals surface area contributed by atoms with Crippen molar-refractivity contribution in [1.29, 1.82) is 0 Å². The predicted octanol–water partition coefficient (Wildman–Crippen LogP) is 3.79. The van der Waals surface area contributed by atoms with Gasteiger partial charge in [0.15, 0.2) is 0 Å². The van der Waals surface area contributed by atoms with Crippen LogP contribution in [0.3, 0.4) is 0 Å². The fourth-order valence-corrected chi connectivity index (χ4v) is 1.94. The van der Waals surface area contributed by atoms with E-state index in [-0.39, 0.29) is 5.91 Å². The first-order valence-corrected chi connectivity index (χ1v) is 7.02. The van der Waals surface area contributed by atoms with E-state index in [1.807, 2.05) is 49.4 Å². The number of hydrogen-bond acceptors (Lipinski definition) is 2. The molecule has 0 bridgehead atoms. The van der Waals surface area contributed by atoms with Crippen LogP contribution in [0, 0.1) is 6.92 Å². The molecule has 0 fully saturated rings. The van der Waals surface area contributed by atoms with Crippen LogP contribution in [0.25, 0.3) is 6.08 Å². The lowest BCUT2D eigenvalue weighted by atomic mass is 10.1. The molecule has 0 aliphatic carbocycles. The number of aryl methyl sites for hydroxylation is 2. The second-order valence-electron chi connectivity index (χ2n) is 4.99. The van der Waals surface area contributed by atoms with Crippen molar-refractivity contribution in [2.24, 2.45) is 0 Å². The van der Waals surface area contributed by atoms with Crippen LogP contribution >= 0.6 is 0 Å². The smallest absolute Gasteiger partial charge is 0.248 e. The van der Waals surface area contributed by atoms with E-state index in [1.54, 1.807) is 6.08 Å². The Morgan fingerprint density at radius 2 is 1.90 bits per heavy atom. The second-order valence-corrected chi connectivity index (χ2v) is 4.99. The van der Waals surface area contributed by atoms with Gasteiger partial charge in [-0.3, -0.25) is 4.79 Å². The number of rotatable bonds is 4. The van der Waals surface area contributed by atoms with E-state index < -0.39 is 0 Å². The minimum atomic E-state index is -0.154. The van der Waals surface area contributed by atoms with Crippen LogP contribution in [0.4, 0.5) is 11.4 Å². The lowest BCUT2D eigenvalue weighted by molar-refractivity contribution is -0.111. The lowest BCUT2D eigenvalue weighted by Gasteiger charge is -2.03. The zero-order valence-corrected chi connectivity index (χ0v) is 12.4. The highest BCUT2D eigenvalue weighted by atomic mass is 16.1. The summed E-state index contributed by atoms with van der Waals surface area (Å²) in [6.45, 7) is 4.05. The summed E-state index contributed by atoms with van der Waals surface area (Å²) in [5.74, 6) is -0.154. The molecule has 0 saturated heterocycles. The number of carbonyl (C=O) groups is 1. The zero-order valence-electron chi connectivity index (χ0n) is 12.4. The van der Waals surface area contributed by atoms with Crippen molar-refractivity contribution in [3.05, 3.63) is 65.2 Å². The van der Waals surface area contributed by atoms with Gasteiger partial charge in [-0.2, -0.15) is 0 Å². The topological polar surface area (TPSA) is 55.1 Å². The first kappa shape index (κ1) is 14.9. The van der Waals surface area contributed by atoms with Gasteiger partial charge in [-0.15, -0.1) is 0 Å². The van der Waals surface area contributed by atoms with Gasteiger partial charge in [0.1, 0.15) is 0 Å². The maximum absolute atomic E-state index is 11.9. The Morgan fingerprint density at radius 1 is 1.19 bits per heavy atom. The molecular formula is C18H20N2O. The molecule has 2 aromatic rings. The van der Waals surface area contributed by atoms with E-state index in [9.17, 15) is 4.79 Å². The molecule has 3 nitrogen and oxygen atoms in total. The van der Waals surface area contributed by atoms with Crippen LogP contribution in [0.5, 0.6) is 0 Å². The molecule has 2 aromatic carbocycles. The number of anilines is 2. The molecule has 0 heterocycles. The largest absolute Gasteiger partial charge is 0.398 e. The molecule has 3 N–H and O–H groups in total. The molecule has 0 saturated carbocycles. The van der Waals surface area contributed by atoms with Crippen molar-refractivity contribution >= 4 is 23.4 Å². The fraction of sp³-hybridized carbons (Fsp3) is 0.167. The van der Waals surface area contributed by atoms with Crippen molar-refractivity contribution in [1.82, 2.24) is 0 Å². The van der Waals surface area contributed by atoms with Gasteiger partial charge in [0, 0.05) is 17.5 Å².